The number of ether oxygens (including phenoxy) is 2. The van der Waals surface area contributed by atoms with E-state index in [1.165, 1.54) is 0 Å². The zero-order valence-electron chi connectivity index (χ0n) is 18.6. The molecule has 0 spiro atoms. The molecule has 0 aliphatic carbocycles. The summed E-state index contributed by atoms with van der Waals surface area (Å²) in [7, 11) is -2.20. The predicted octanol–water partition coefficient (Wildman–Crippen LogP) is 6.00. The fourth-order valence-corrected chi connectivity index (χ4v) is 3.77. The van der Waals surface area contributed by atoms with Crippen LogP contribution in [-0.2, 0) is 14.0 Å². The van der Waals surface area contributed by atoms with Gasteiger partial charge in [0.2, 0.25) is 0 Å². The molecule has 0 aliphatic heterocycles. The number of pyridine rings is 1. The van der Waals surface area contributed by atoms with Gasteiger partial charge in [-0.2, -0.15) is 0 Å². The summed E-state index contributed by atoms with van der Waals surface area (Å²) < 4.78 is 17.9. The second-order valence-electron chi connectivity index (χ2n) is 9.70. The van der Waals surface area contributed by atoms with E-state index in [1.807, 2.05) is 45.0 Å². The molecule has 1 atom stereocenters. The number of aromatic nitrogens is 1. The summed E-state index contributed by atoms with van der Waals surface area (Å²) in [6, 6.07) is 9.14. The van der Waals surface area contributed by atoms with Crippen LogP contribution in [0.4, 0.5) is 0 Å². The van der Waals surface area contributed by atoms with E-state index in [2.05, 4.69) is 38.8 Å². The number of carbonyl (C=O) groups excluding carboxylic acids is 1. The highest BCUT2D eigenvalue weighted by Crippen LogP contribution is 2.37. The standard InChI is InChI=1S/C22H32ClNO4Si/c1-21(2,3)27-20(25)18(28-29(7,8)22(4,5)6)14-26-16-10-11-17-15(13-16)9-12-19(23)24-17/h9-13,18H,14H2,1-8H3/t18-/m1/s1. The van der Waals surface area contributed by atoms with Gasteiger partial charge in [0.15, 0.2) is 14.4 Å². The highest BCUT2D eigenvalue weighted by Gasteiger charge is 2.42. The molecular weight excluding hydrogens is 406 g/mol. The summed E-state index contributed by atoms with van der Waals surface area (Å²) in [4.78, 5) is 17.1. The number of carbonyl (C=O) groups is 1. The van der Waals surface area contributed by atoms with Gasteiger partial charge in [-0.1, -0.05) is 32.4 Å². The average molecular weight is 438 g/mol. The first kappa shape index (κ1) is 23.6. The van der Waals surface area contributed by atoms with Crippen molar-refractivity contribution in [2.75, 3.05) is 6.61 Å². The molecule has 0 fully saturated rings. The third-order valence-electron chi connectivity index (χ3n) is 4.94. The van der Waals surface area contributed by atoms with Gasteiger partial charge in [-0.15, -0.1) is 0 Å². The number of rotatable bonds is 6. The van der Waals surface area contributed by atoms with E-state index in [0.717, 1.165) is 10.9 Å². The second-order valence-corrected chi connectivity index (χ2v) is 14.8. The third-order valence-corrected chi connectivity index (χ3v) is 9.64. The maximum atomic E-state index is 12.8. The first-order valence-corrected chi connectivity index (χ1v) is 13.1. The van der Waals surface area contributed by atoms with Crippen LogP contribution in [-0.4, -0.2) is 37.6 Å². The van der Waals surface area contributed by atoms with Gasteiger partial charge in [0.05, 0.1) is 5.52 Å². The molecule has 0 unspecified atom stereocenters. The normalized spacial score (nSPS) is 14.0. The smallest absolute Gasteiger partial charge is 0.338 e. The lowest BCUT2D eigenvalue weighted by atomic mass is 10.2. The number of esters is 1. The molecule has 5 nitrogen and oxygen atoms in total. The maximum absolute atomic E-state index is 12.8. The van der Waals surface area contributed by atoms with E-state index in [0.29, 0.717) is 10.9 Å². The lowest BCUT2D eigenvalue weighted by Gasteiger charge is -2.39. The predicted molar refractivity (Wildman–Crippen MR) is 120 cm³/mol. The van der Waals surface area contributed by atoms with Gasteiger partial charge >= 0.3 is 5.97 Å². The van der Waals surface area contributed by atoms with E-state index >= 15 is 0 Å². The molecule has 0 amide bonds. The lowest BCUT2D eigenvalue weighted by molar-refractivity contribution is -0.165. The maximum Gasteiger partial charge on any atom is 0.338 e. The topological polar surface area (TPSA) is 57.7 Å². The van der Waals surface area contributed by atoms with Crippen LogP contribution in [0.25, 0.3) is 10.9 Å². The second kappa shape index (κ2) is 8.62. The molecule has 0 radical (unpaired) electrons. The highest BCUT2D eigenvalue weighted by atomic mass is 35.5. The molecule has 0 saturated heterocycles. The number of fused-ring (bicyclic) bond motifs is 1. The molecule has 0 saturated carbocycles. The largest absolute Gasteiger partial charge is 0.490 e. The molecule has 160 valence electrons. The number of halogens is 1. The Labute approximate surface area is 179 Å². The summed E-state index contributed by atoms with van der Waals surface area (Å²) in [5, 5.41) is 1.31. The van der Waals surface area contributed by atoms with Crippen molar-refractivity contribution in [1.29, 1.82) is 0 Å². The molecule has 0 bridgehead atoms. The quantitative estimate of drug-likeness (QED) is 0.315. The Balaban J connectivity index is 2.20. The van der Waals surface area contributed by atoms with Crippen molar-refractivity contribution in [3.63, 3.8) is 0 Å². The molecule has 0 N–H and O–H groups in total. The number of hydrogen-bond donors (Lipinski definition) is 0. The average Bonchev–Trinajstić information content (AvgIpc) is 2.55. The Morgan fingerprint density at radius 1 is 1.10 bits per heavy atom. The monoisotopic (exact) mass is 437 g/mol. The molecule has 7 heteroatoms. The van der Waals surface area contributed by atoms with Crippen LogP contribution in [0.1, 0.15) is 41.5 Å². The van der Waals surface area contributed by atoms with Crippen LogP contribution in [0.5, 0.6) is 5.75 Å². The Kier molecular flexibility index (Phi) is 7.03. The third kappa shape index (κ3) is 6.69. The number of benzene rings is 1. The van der Waals surface area contributed by atoms with Gasteiger partial charge < -0.3 is 13.9 Å². The molecule has 2 aromatic rings. The Hall–Kier alpha value is -1.63. The summed E-state index contributed by atoms with van der Waals surface area (Å²) >= 11 is 5.94. The van der Waals surface area contributed by atoms with Crippen molar-refractivity contribution in [3.05, 3.63) is 35.5 Å². The van der Waals surface area contributed by atoms with Crippen molar-refractivity contribution in [3.8, 4) is 5.75 Å². The van der Waals surface area contributed by atoms with E-state index < -0.39 is 26.0 Å². The minimum Gasteiger partial charge on any atom is -0.490 e. The first-order chi connectivity index (χ1) is 13.2. The first-order valence-electron chi connectivity index (χ1n) is 9.78. The molecule has 1 aromatic heterocycles. The fourth-order valence-electron chi connectivity index (χ4n) is 2.39. The highest BCUT2D eigenvalue weighted by molar-refractivity contribution is 6.74. The summed E-state index contributed by atoms with van der Waals surface area (Å²) in [5.41, 5.74) is 0.186. The summed E-state index contributed by atoms with van der Waals surface area (Å²) in [5.74, 6) is 0.227. The molecule has 1 heterocycles. The molecular formula is C22H32ClNO4Si. The van der Waals surface area contributed by atoms with Crippen LogP contribution >= 0.6 is 11.6 Å². The van der Waals surface area contributed by atoms with Gasteiger partial charge in [-0.3, -0.25) is 0 Å². The van der Waals surface area contributed by atoms with Gasteiger partial charge in [-0.25, -0.2) is 9.78 Å². The Morgan fingerprint density at radius 2 is 1.76 bits per heavy atom. The molecule has 2 rings (SSSR count). The van der Waals surface area contributed by atoms with Crippen LogP contribution in [0.3, 0.4) is 0 Å². The van der Waals surface area contributed by atoms with Crippen LogP contribution in [0, 0.1) is 0 Å². The van der Waals surface area contributed by atoms with Gasteiger partial charge in [-0.05, 0) is 69.2 Å². The van der Waals surface area contributed by atoms with Crippen LogP contribution in [0.15, 0.2) is 30.3 Å². The Bertz CT molecular complexity index is 871. The van der Waals surface area contributed by atoms with Crippen LogP contribution in [0.2, 0.25) is 23.3 Å². The van der Waals surface area contributed by atoms with Crippen molar-refractivity contribution in [1.82, 2.24) is 4.98 Å². The zero-order chi connectivity index (χ0) is 22.0. The minimum absolute atomic E-state index is 0.0405. The van der Waals surface area contributed by atoms with E-state index in [-0.39, 0.29) is 11.6 Å². The lowest BCUT2D eigenvalue weighted by Crippen LogP contribution is -2.49. The number of hydrogen-bond acceptors (Lipinski definition) is 5. The molecule has 1 aromatic carbocycles. The van der Waals surface area contributed by atoms with E-state index in [1.54, 1.807) is 6.07 Å². The minimum atomic E-state index is -2.20. The molecule has 29 heavy (non-hydrogen) atoms. The van der Waals surface area contributed by atoms with E-state index in [9.17, 15) is 4.79 Å². The van der Waals surface area contributed by atoms with Gasteiger partial charge in [0.1, 0.15) is 23.1 Å². The van der Waals surface area contributed by atoms with Gasteiger partial charge in [0, 0.05) is 5.39 Å². The molecule has 0 aliphatic rings. The van der Waals surface area contributed by atoms with Gasteiger partial charge in [0.25, 0.3) is 0 Å². The van der Waals surface area contributed by atoms with Crippen LogP contribution < -0.4 is 4.74 Å². The van der Waals surface area contributed by atoms with Crippen molar-refractivity contribution >= 4 is 36.8 Å². The van der Waals surface area contributed by atoms with Crippen molar-refractivity contribution in [2.45, 2.75) is 71.4 Å². The van der Waals surface area contributed by atoms with Crippen molar-refractivity contribution < 1.29 is 18.7 Å². The van der Waals surface area contributed by atoms with E-state index in [4.69, 9.17) is 25.5 Å². The summed E-state index contributed by atoms with van der Waals surface area (Å²) in [6.45, 7) is 16.2. The summed E-state index contributed by atoms with van der Waals surface area (Å²) in [6.07, 6.45) is -0.797. The fraction of sp³-hybridized carbons (Fsp3) is 0.545. The zero-order valence-corrected chi connectivity index (χ0v) is 20.4. The SMILES string of the molecule is CC(C)(C)OC(=O)[C@@H](COc1ccc2nc(Cl)ccc2c1)O[Si](C)(C)C(C)(C)C. The van der Waals surface area contributed by atoms with Crippen molar-refractivity contribution in [2.24, 2.45) is 0 Å². The number of nitrogens with zero attached hydrogens (tertiary/aromatic N) is 1. The Morgan fingerprint density at radius 3 is 2.34 bits per heavy atom.